The van der Waals surface area contributed by atoms with E-state index in [1.54, 1.807) is 0 Å². The van der Waals surface area contributed by atoms with Gasteiger partial charge in [0, 0.05) is 5.56 Å². The summed E-state index contributed by atoms with van der Waals surface area (Å²) in [6.07, 6.45) is 0. The first kappa shape index (κ1) is 10.6. The van der Waals surface area contributed by atoms with Crippen LogP contribution in [0.4, 0.5) is 5.69 Å². The van der Waals surface area contributed by atoms with Gasteiger partial charge in [0.2, 0.25) is 11.5 Å². The normalized spacial score (nSPS) is 10.9. The summed E-state index contributed by atoms with van der Waals surface area (Å²) in [5.41, 5.74) is 7.95. The van der Waals surface area contributed by atoms with Crippen LogP contribution in [-0.4, -0.2) is 26.4 Å². The zero-order valence-corrected chi connectivity index (χ0v) is 9.92. The summed E-state index contributed by atoms with van der Waals surface area (Å²) in [7, 11) is 0. The summed E-state index contributed by atoms with van der Waals surface area (Å²) in [5, 5.41) is 7.29. The number of hydrogen-bond acceptors (Lipinski definition) is 4. The molecule has 0 unspecified atom stereocenters. The number of hydrogen-bond donors (Lipinski definition) is 2. The number of ether oxygens (including phenoxy) is 1. The SMILES string of the molecule is CCOc1[nH]n2nc(-c3ccccc3)nc2c1N. The molecule has 3 rings (SSSR count). The van der Waals surface area contributed by atoms with Gasteiger partial charge in [0.1, 0.15) is 5.69 Å². The van der Waals surface area contributed by atoms with Crippen molar-refractivity contribution in [3.63, 3.8) is 0 Å². The Kier molecular flexibility index (Phi) is 2.40. The van der Waals surface area contributed by atoms with E-state index in [1.807, 2.05) is 37.3 Å². The second-order valence-corrected chi connectivity index (χ2v) is 3.82. The van der Waals surface area contributed by atoms with Crippen molar-refractivity contribution in [2.45, 2.75) is 6.92 Å². The molecule has 3 N–H and O–H groups in total. The smallest absolute Gasteiger partial charge is 0.235 e. The van der Waals surface area contributed by atoms with Crippen LogP contribution in [0.5, 0.6) is 5.88 Å². The molecule has 0 radical (unpaired) electrons. The summed E-state index contributed by atoms with van der Waals surface area (Å²) in [6.45, 7) is 2.44. The van der Waals surface area contributed by atoms with Gasteiger partial charge in [-0.15, -0.1) is 9.73 Å². The Morgan fingerprint density at radius 2 is 2.11 bits per heavy atom. The standard InChI is InChI=1S/C12H13N5O/c1-2-18-12-9(13)11-14-10(15-17(11)16-12)8-6-4-3-5-7-8/h3-7,16H,2,13H2,1H3. The molecule has 3 aromatic rings. The first-order valence-electron chi connectivity index (χ1n) is 5.72. The minimum atomic E-state index is 0.478. The Morgan fingerprint density at radius 1 is 1.33 bits per heavy atom. The molecule has 0 bridgehead atoms. The number of nitrogen functional groups attached to an aromatic ring is 1. The maximum atomic E-state index is 5.94. The number of fused-ring (bicyclic) bond motifs is 1. The highest BCUT2D eigenvalue weighted by atomic mass is 16.5. The Labute approximate surface area is 103 Å². The van der Waals surface area contributed by atoms with Gasteiger partial charge in [0.25, 0.3) is 0 Å². The highest BCUT2D eigenvalue weighted by Crippen LogP contribution is 2.25. The van der Waals surface area contributed by atoms with E-state index in [2.05, 4.69) is 15.2 Å². The Morgan fingerprint density at radius 3 is 2.78 bits per heavy atom. The number of nitrogens with two attached hydrogens (primary N) is 1. The fourth-order valence-corrected chi connectivity index (χ4v) is 1.79. The predicted octanol–water partition coefficient (Wildman–Crippen LogP) is 1.71. The van der Waals surface area contributed by atoms with Crippen molar-refractivity contribution in [2.75, 3.05) is 12.3 Å². The van der Waals surface area contributed by atoms with Gasteiger partial charge in [-0.3, -0.25) is 0 Å². The molecule has 6 nitrogen and oxygen atoms in total. The van der Waals surface area contributed by atoms with Crippen LogP contribution in [0, 0.1) is 0 Å². The molecule has 0 aliphatic rings. The van der Waals surface area contributed by atoms with Crippen LogP contribution in [0.2, 0.25) is 0 Å². The molecule has 0 aliphatic carbocycles. The molecule has 0 fully saturated rings. The number of anilines is 1. The van der Waals surface area contributed by atoms with Gasteiger partial charge in [0.05, 0.1) is 6.61 Å². The van der Waals surface area contributed by atoms with E-state index < -0.39 is 0 Å². The minimum absolute atomic E-state index is 0.478. The maximum absolute atomic E-state index is 5.94. The van der Waals surface area contributed by atoms with Gasteiger partial charge >= 0.3 is 0 Å². The topological polar surface area (TPSA) is 81.2 Å². The van der Waals surface area contributed by atoms with E-state index in [0.29, 0.717) is 29.6 Å². The monoisotopic (exact) mass is 243 g/mol. The molecular weight excluding hydrogens is 230 g/mol. The molecule has 2 aromatic heterocycles. The van der Waals surface area contributed by atoms with Gasteiger partial charge in [-0.1, -0.05) is 30.3 Å². The zero-order valence-electron chi connectivity index (χ0n) is 9.92. The van der Waals surface area contributed by atoms with Gasteiger partial charge < -0.3 is 10.5 Å². The van der Waals surface area contributed by atoms with Crippen molar-refractivity contribution in [2.24, 2.45) is 0 Å². The lowest BCUT2D eigenvalue weighted by atomic mass is 10.2. The largest absolute Gasteiger partial charge is 0.477 e. The van der Waals surface area contributed by atoms with Crippen molar-refractivity contribution in [1.29, 1.82) is 0 Å². The summed E-state index contributed by atoms with van der Waals surface area (Å²) in [6, 6.07) is 9.75. The second-order valence-electron chi connectivity index (χ2n) is 3.82. The van der Waals surface area contributed by atoms with Crippen molar-refractivity contribution in [3.05, 3.63) is 30.3 Å². The molecular formula is C12H13N5O. The van der Waals surface area contributed by atoms with E-state index in [9.17, 15) is 0 Å². The summed E-state index contributed by atoms with van der Waals surface area (Å²) in [5.74, 6) is 1.14. The van der Waals surface area contributed by atoms with Crippen LogP contribution >= 0.6 is 0 Å². The second kappa shape index (κ2) is 4.06. The van der Waals surface area contributed by atoms with Gasteiger partial charge in [-0.25, -0.2) is 10.1 Å². The van der Waals surface area contributed by atoms with Crippen molar-refractivity contribution in [3.8, 4) is 17.3 Å². The van der Waals surface area contributed by atoms with Crippen LogP contribution in [0.25, 0.3) is 17.0 Å². The molecule has 0 atom stereocenters. The molecule has 92 valence electrons. The van der Waals surface area contributed by atoms with E-state index in [0.717, 1.165) is 5.56 Å². The summed E-state index contributed by atoms with van der Waals surface area (Å²) < 4.78 is 6.87. The predicted molar refractivity (Wildman–Crippen MR) is 68.4 cm³/mol. The number of aromatic nitrogens is 4. The highest BCUT2D eigenvalue weighted by molar-refractivity contribution is 5.72. The molecule has 0 amide bonds. The number of nitrogens with zero attached hydrogens (tertiary/aromatic N) is 3. The highest BCUT2D eigenvalue weighted by Gasteiger charge is 2.15. The third kappa shape index (κ3) is 1.58. The molecule has 6 heteroatoms. The Bertz CT molecular complexity index is 670. The number of aromatic amines is 1. The average Bonchev–Trinajstić information content (AvgIpc) is 2.93. The molecule has 0 spiro atoms. The lowest BCUT2D eigenvalue weighted by Gasteiger charge is -1.98. The molecule has 2 heterocycles. The first-order chi connectivity index (χ1) is 8.79. The molecule has 0 aliphatic heterocycles. The zero-order chi connectivity index (χ0) is 12.5. The van der Waals surface area contributed by atoms with Crippen molar-refractivity contribution >= 4 is 11.3 Å². The van der Waals surface area contributed by atoms with Crippen molar-refractivity contribution in [1.82, 2.24) is 19.8 Å². The molecule has 18 heavy (non-hydrogen) atoms. The van der Waals surface area contributed by atoms with Crippen LogP contribution in [0.1, 0.15) is 6.92 Å². The van der Waals surface area contributed by atoms with E-state index in [-0.39, 0.29) is 0 Å². The third-order valence-electron chi connectivity index (χ3n) is 2.62. The number of H-pyrrole nitrogens is 1. The van der Waals surface area contributed by atoms with Crippen LogP contribution in [0.3, 0.4) is 0 Å². The Hall–Kier alpha value is -2.50. The minimum Gasteiger partial charge on any atom is -0.477 e. The van der Waals surface area contributed by atoms with Gasteiger partial charge in [-0.05, 0) is 6.92 Å². The van der Waals surface area contributed by atoms with Crippen LogP contribution in [-0.2, 0) is 0 Å². The van der Waals surface area contributed by atoms with Crippen molar-refractivity contribution < 1.29 is 4.74 Å². The number of benzene rings is 1. The fourth-order valence-electron chi connectivity index (χ4n) is 1.79. The molecule has 1 aromatic carbocycles. The van der Waals surface area contributed by atoms with Gasteiger partial charge in [-0.2, -0.15) is 0 Å². The van der Waals surface area contributed by atoms with E-state index in [1.165, 1.54) is 4.63 Å². The number of nitrogens with one attached hydrogen (secondary N) is 1. The molecule has 0 saturated heterocycles. The summed E-state index contributed by atoms with van der Waals surface area (Å²) >= 11 is 0. The number of rotatable bonds is 3. The fraction of sp³-hybridized carbons (Fsp3) is 0.167. The summed E-state index contributed by atoms with van der Waals surface area (Å²) in [4.78, 5) is 4.40. The lowest BCUT2D eigenvalue weighted by Crippen LogP contribution is -1.96. The lowest BCUT2D eigenvalue weighted by molar-refractivity contribution is 0.325. The average molecular weight is 243 g/mol. The Balaban J connectivity index is 2.08. The maximum Gasteiger partial charge on any atom is 0.235 e. The van der Waals surface area contributed by atoms with E-state index >= 15 is 0 Å². The first-order valence-corrected chi connectivity index (χ1v) is 5.72. The third-order valence-corrected chi connectivity index (χ3v) is 2.62. The van der Waals surface area contributed by atoms with E-state index in [4.69, 9.17) is 10.5 Å². The van der Waals surface area contributed by atoms with Crippen LogP contribution < -0.4 is 10.5 Å². The molecule has 0 saturated carbocycles. The van der Waals surface area contributed by atoms with Crippen LogP contribution in [0.15, 0.2) is 30.3 Å². The van der Waals surface area contributed by atoms with Gasteiger partial charge in [0.15, 0.2) is 5.82 Å². The quantitative estimate of drug-likeness (QED) is 0.733.